The molecule has 2 N–H and O–H groups in total. The summed E-state index contributed by atoms with van der Waals surface area (Å²) >= 11 is 6.08. The number of halogens is 1. The molecule has 2 unspecified atom stereocenters. The summed E-state index contributed by atoms with van der Waals surface area (Å²) < 4.78 is 0. The number of hydrogen-bond acceptors (Lipinski definition) is 2. The van der Waals surface area contributed by atoms with Crippen molar-refractivity contribution in [3.8, 4) is 0 Å². The van der Waals surface area contributed by atoms with E-state index in [1.807, 2.05) is 6.08 Å². The molecule has 0 aromatic heterocycles. The zero-order chi connectivity index (χ0) is 10.3. The summed E-state index contributed by atoms with van der Waals surface area (Å²) in [7, 11) is 0. The van der Waals surface area contributed by atoms with E-state index in [1.54, 1.807) is 0 Å². The highest BCUT2D eigenvalue weighted by Gasteiger charge is 2.28. The minimum absolute atomic E-state index is 0.0628. The van der Waals surface area contributed by atoms with Crippen LogP contribution in [0.15, 0.2) is 35.2 Å². The van der Waals surface area contributed by atoms with Crippen molar-refractivity contribution in [2.45, 2.75) is 24.8 Å². The van der Waals surface area contributed by atoms with Crippen molar-refractivity contribution >= 4 is 11.6 Å². The second kappa shape index (κ2) is 3.60. The molecule has 1 saturated heterocycles. The van der Waals surface area contributed by atoms with Gasteiger partial charge in [-0.3, -0.25) is 0 Å². The molecule has 3 aliphatic rings. The first-order chi connectivity index (χ1) is 7.34. The monoisotopic (exact) mass is 222 g/mol. The van der Waals surface area contributed by atoms with Gasteiger partial charge < -0.3 is 10.6 Å². The molecular weight excluding hydrogens is 208 g/mol. The first-order valence-corrected chi connectivity index (χ1v) is 6.05. The average molecular weight is 223 g/mol. The maximum Gasteiger partial charge on any atom is 0.120 e. The lowest BCUT2D eigenvalue weighted by Gasteiger charge is -2.35. The van der Waals surface area contributed by atoms with Gasteiger partial charge in [0.1, 0.15) is 5.50 Å². The van der Waals surface area contributed by atoms with Crippen LogP contribution in [0.3, 0.4) is 0 Å². The summed E-state index contributed by atoms with van der Waals surface area (Å²) in [5.41, 5.74) is 3.85. The fourth-order valence-corrected chi connectivity index (χ4v) is 2.78. The van der Waals surface area contributed by atoms with E-state index in [0.717, 1.165) is 6.54 Å². The van der Waals surface area contributed by atoms with Crippen LogP contribution in [0.5, 0.6) is 0 Å². The molecule has 2 aliphatic heterocycles. The van der Waals surface area contributed by atoms with E-state index in [1.165, 1.54) is 36.2 Å². The Morgan fingerprint density at radius 1 is 1.40 bits per heavy atom. The standard InChI is InChI=1S/C12H15ClN2/c13-10-6-5-9-4-3-8-2-1-7-14-11(8)12(9)15-10/h4-6,8,10,14-15H,1-3,7H2. The van der Waals surface area contributed by atoms with Gasteiger partial charge in [-0.2, -0.15) is 0 Å². The molecule has 1 fully saturated rings. The molecule has 2 atom stereocenters. The van der Waals surface area contributed by atoms with Crippen LogP contribution in [0.4, 0.5) is 0 Å². The highest BCUT2D eigenvalue weighted by Crippen LogP contribution is 2.34. The quantitative estimate of drug-likeness (QED) is 0.485. The summed E-state index contributed by atoms with van der Waals surface area (Å²) in [6, 6.07) is 0. The summed E-state index contributed by atoms with van der Waals surface area (Å²) in [4.78, 5) is 0. The number of fused-ring (bicyclic) bond motifs is 2. The van der Waals surface area contributed by atoms with Gasteiger partial charge in [-0.1, -0.05) is 23.8 Å². The number of alkyl halides is 1. The highest BCUT2D eigenvalue weighted by molar-refractivity contribution is 6.21. The van der Waals surface area contributed by atoms with Crippen molar-refractivity contribution < 1.29 is 0 Å². The predicted molar refractivity (Wildman–Crippen MR) is 62.4 cm³/mol. The predicted octanol–water partition coefficient (Wildman–Crippen LogP) is 2.25. The Morgan fingerprint density at radius 3 is 3.27 bits per heavy atom. The van der Waals surface area contributed by atoms with Crippen LogP contribution < -0.4 is 10.6 Å². The van der Waals surface area contributed by atoms with Crippen LogP contribution >= 0.6 is 11.6 Å². The molecule has 3 heteroatoms. The van der Waals surface area contributed by atoms with Crippen LogP contribution in [0, 0.1) is 5.92 Å². The molecule has 0 amide bonds. The number of rotatable bonds is 0. The Balaban J connectivity index is 2.00. The third-order valence-electron chi connectivity index (χ3n) is 3.36. The smallest absolute Gasteiger partial charge is 0.120 e. The molecular formula is C12H15ClN2. The van der Waals surface area contributed by atoms with Crippen LogP contribution in [0.25, 0.3) is 0 Å². The lowest BCUT2D eigenvalue weighted by atomic mass is 9.84. The normalized spacial score (nSPS) is 33.5. The molecule has 0 bridgehead atoms. The Morgan fingerprint density at radius 2 is 2.33 bits per heavy atom. The first-order valence-electron chi connectivity index (χ1n) is 5.62. The van der Waals surface area contributed by atoms with E-state index < -0.39 is 0 Å². The van der Waals surface area contributed by atoms with Crippen molar-refractivity contribution in [3.63, 3.8) is 0 Å². The van der Waals surface area contributed by atoms with Gasteiger partial charge in [-0.25, -0.2) is 0 Å². The molecule has 0 spiro atoms. The molecule has 3 rings (SSSR count). The van der Waals surface area contributed by atoms with Gasteiger partial charge in [0.2, 0.25) is 0 Å². The van der Waals surface area contributed by atoms with E-state index >= 15 is 0 Å². The second-order valence-electron chi connectivity index (χ2n) is 4.35. The van der Waals surface area contributed by atoms with Gasteiger partial charge in [0.25, 0.3) is 0 Å². The summed E-state index contributed by atoms with van der Waals surface area (Å²) in [5, 5.41) is 6.87. The molecule has 0 aromatic carbocycles. The highest BCUT2D eigenvalue weighted by atomic mass is 35.5. The summed E-state index contributed by atoms with van der Waals surface area (Å²) in [6.45, 7) is 1.10. The molecule has 0 radical (unpaired) electrons. The van der Waals surface area contributed by atoms with Crippen LogP contribution in [0.1, 0.15) is 19.3 Å². The number of nitrogens with one attached hydrogen (secondary N) is 2. The van der Waals surface area contributed by atoms with Crippen molar-refractivity contribution in [3.05, 3.63) is 35.2 Å². The van der Waals surface area contributed by atoms with Gasteiger partial charge in [-0.15, -0.1) is 0 Å². The van der Waals surface area contributed by atoms with Gasteiger partial charge in [-0.05, 0) is 30.9 Å². The van der Waals surface area contributed by atoms with Crippen LogP contribution in [-0.2, 0) is 0 Å². The second-order valence-corrected chi connectivity index (χ2v) is 4.83. The van der Waals surface area contributed by atoms with Crippen molar-refractivity contribution in [2.24, 2.45) is 5.92 Å². The summed E-state index contributed by atoms with van der Waals surface area (Å²) in [6.07, 6.45) is 10.2. The van der Waals surface area contributed by atoms with Crippen LogP contribution in [-0.4, -0.2) is 12.0 Å². The van der Waals surface area contributed by atoms with Gasteiger partial charge >= 0.3 is 0 Å². The van der Waals surface area contributed by atoms with Crippen molar-refractivity contribution in [1.29, 1.82) is 0 Å². The van der Waals surface area contributed by atoms with E-state index in [0.29, 0.717) is 5.92 Å². The number of allylic oxidation sites excluding steroid dienone is 3. The minimum Gasteiger partial charge on any atom is -0.386 e. The summed E-state index contributed by atoms with van der Waals surface area (Å²) in [5.74, 6) is 0.681. The zero-order valence-corrected chi connectivity index (χ0v) is 9.35. The number of hydrogen-bond donors (Lipinski definition) is 2. The fourth-order valence-electron chi connectivity index (χ4n) is 2.60. The fraction of sp³-hybridized carbons (Fsp3) is 0.500. The van der Waals surface area contributed by atoms with Gasteiger partial charge in [0, 0.05) is 18.2 Å². The Hall–Kier alpha value is -0.890. The molecule has 2 nitrogen and oxygen atoms in total. The van der Waals surface area contributed by atoms with Crippen molar-refractivity contribution in [2.75, 3.05) is 6.54 Å². The average Bonchev–Trinajstić information content (AvgIpc) is 2.29. The Kier molecular flexibility index (Phi) is 2.24. The Labute approximate surface area is 95.1 Å². The maximum absolute atomic E-state index is 6.08. The molecule has 1 aliphatic carbocycles. The van der Waals surface area contributed by atoms with Crippen LogP contribution in [0.2, 0.25) is 0 Å². The van der Waals surface area contributed by atoms with Gasteiger partial charge in [0.05, 0.1) is 5.70 Å². The molecule has 2 heterocycles. The third kappa shape index (κ3) is 1.57. The van der Waals surface area contributed by atoms with E-state index in [-0.39, 0.29) is 5.50 Å². The molecule has 0 aromatic rings. The first kappa shape index (κ1) is 9.34. The lowest BCUT2D eigenvalue weighted by Crippen LogP contribution is -2.37. The molecule has 0 saturated carbocycles. The van der Waals surface area contributed by atoms with Gasteiger partial charge in [0.15, 0.2) is 0 Å². The lowest BCUT2D eigenvalue weighted by molar-refractivity contribution is 0.431. The molecule has 15 heavy (non-hydrogen) atoms. The maximum atomic E-state index is 6.08. The topological polar surface area (TPSA) is 24.1 Å². The zero-order valence-electron chi connectivity index (χ0n) is 8.59. The minimum atomic E-state index is -0.0628. The number of piperidine rings is 1. The molecule has 80 valence electrons. The van der Waals surface area contributed by atoms with E-state index in [9.17, 15) is 0 Å². The Bertz CT molecular complexity index is 368. The van der Waals surface area contributed by atoms with E-state index in [4.69, 9.17) is 11.6 Å². The largest absolute Gasteiger partial charge is 0.386 e. The SMILES string of the molecule is ClC1C=CC2=CCC3CCCNC3=C2N1. The third-order valence-corrected chi connectivity index (χ3v) is 3.61. The van der Waals surface area contributed by atoms with Crippen molar-refractivity contribution in [1.82, 2.24) is 10.6 Å². The van der Waals surface area contributed by atoms with E-state index in [2.05, 4.69) is 22.8 Å².